The summed E-state index contributed by atoms with van der Waals surface area (Å²) in [5, 5.41) is 0. The van der Waals surface area contributed by atoms with Gasteiger partial charge in [-0.2, -0.15) is 0 Å². The number of rotatable bonds is 6. The summed E-state index contributed by atoms with van der Waals surface area (Å²) in [6, 6.07) is 1.88. The van der Waals surface area contributed by atoms with Gasteiger partial charge in [0.2, 0.25) is 5.91 Å². The molecule has 0 atom stereocenters. The third-order valence-corrected chi connectivity index (χ3v) is 3.27. The van der Waals surface area contributed by atoms with Gasteiger partial charge in [-0.05, 0) is 26.5 Å². The molecule has 5 nitrogen and oxygen atoms in total. The molecule has 0 aliphatic rings. The van der Waals surface area contributed by atoms with Gasteiger partial charge in [-0.3, -0.25) is 14.5 Å². The smallest absolute Gasteiger partial charge is 0.231 e. The number of hydrogen-bond donors (Lipinski definition) is 1. The van der Waals surface area contributed by atoms with Crippen molar-refractivity contribution >= 4 is 11.7 Å². The fourth-order valence-corrected chi connectivity index (χ4v) is 1.93. The Morgan fingerprint density at radius 1 is 1.33 bits per heavy atom. The Morgan fingerprint density at radius 2 is 1.94 bits per heavy atom. The lowest BCUT2D eigenvalue weighted by molar-refractivity contribution is -0.118. The van der Waals surface area contributed by atoms with Crippen molar-refractivity contribution in [3.05, 3.63) is 23.0 Å². The predicted molar refractivity (Wildman–Crippen MR) is 70.5 cm³/mol. The molecule has 0 aliphatic carbocycles. The van der Waals surface area contributed by atoms with Crippen LogP contribution in [0.5, 0.6) is 0 Å². The van der Waals surface area contributed by atoms with Gasteiger partial charge in [0.1, 0.15) is 0 Å². The largest absolute Gasteiger partial charge is 0.369 e. The molecule has 0 aliphatic heterocycles. The van der Waals surface area contributed by atoms with Crippen LogP contribution >= 0.6 is 0 Å². The van der Waals surface area contributed by atoms with E-state index in [1.165, 1.54) is 0 Å². The second kappa shape index (κ2) is 5.82. The summed E-state index contributed by atoms with van der Waals surface area (Å²) in [4.78, 5) is 24.8. The van der Waals surface area contributed by atoms with Crippen LogP contribution in [0.15, 0.2) is 6.07 Å². The quantitative estimate of drug-likeness (QED) is 0.754. The monoisotopic (exact) mass is 251 g/mol. The molecule has 0 spiro atoms. The van der Waals surface area contributed by atoms with Crippen LogP contribution in [0.1, 0.15) is 28.7 Å². The van der Waals surface area contributed by atoms with E-state index in [0.29, 0.717) is 6.54 Å². The average molecular weight is 251 g/mol. The van der Waals surface area contributed by atoms with E-state index in [4.69, 9.17) is 5.73 Å². The zero-order chi connectivity index (χ0) is 13.9. The summed E-state index contributed by atoms with van der Waals surface area (Å²) in [5.74, 6) is -0.384. The number of nitrogens with zero attached hydrogens (tertiary/aromatic N) is 2. The molecular weight excluding hydrogens is 230 g/mol. The van der Waals surface area contributed by atoms with E-state index in [2.05, 4.69) is 0 Å². The van der Waals surface area contributed by atoms with Crippen LogP contribution in [0.2, 0.25) is 0 Å². The maximum absolute atomic E-state index is 12.2. The van der Waals surface area contributed by atoms with E-state index in [0.717, 1.165) is 17.0 Å². The van der Waals surface area contributed by atoms with Gasteiger partial charge in [-0.25, -0.2) is 0 Å². The predicted octanol–water partition coefficient (Wildman–Crippen LogP) is 0.632. The third-order valence-electron chi connectivity index (χ3n) is 3.27. The number of hydrogen-bond acceptors (Lipinski definition) is 3. The van der Waals surface area contributed by atoms with E-state index in [-0.39, 0.29) is 18.9 Å². The number of amides is 1. The number of aryl methyl sites for hydroxylation is 1. The summed E-state index contributed by atoms with van der Waals surface area (Å²) in [7, 11) is 1.93. The van der Waals surface area contributed by atoms with Crippen LogP contribution in [-0.2, 0) is 11.8 Å². The second-order valence-electron chi connectivity index (χ2n) is 4.54. The van der Waals surface area contributed by atoms with Crippen molar-refractivity contribution in [2.75, 3.05) is 19.6 Å². The van der Waals surface area contributed by atoms with Crippen LogP contribution in [-0.4, -0.2) is 40.8 Å². The van der Waals surface area contributed by atoms with Gasteiger partial charge in [0.05, 0.1) is 13.1 Å². The highest BCUT2D eigenvalue weighted by Gasteiger charge is 2.17. The summed E-state index contributed by atoms with van der Waals surface area (Å²) in [6.07, 6.45) is 0. The molecular formula is C13H21N3O2. The third kappa shape index (κ3) is 3.20. The first-order valence-electron chi connectivity index (χ1n) is 6.03. The molecule has 1 rings (SSSR count). The molecule has 5 heteroatoms. The number of carbonyl (C=O) groups is 2. The lowest BCUT2D eigenvalue weighted by Gasteiger charge is -2.17. The second-order valence-corrected chi connectivity index (χ2v) is 4.54. The molecule has 2 N–H and O–H groups in total. The maximum atomic E-state index is 12.2. The molecule has 0 saturated carbocycles. The standard InChI is InChI=1S/C13H21N3O2/c1-5-16(8-13(14)18)7-12(17)11-6-9(2)15(4)10(11)3/h6H,5,7-8H2,1-4H3,(H2,14,18). The lowest BCUT2D eigenvalue weighted by atomic mass is 10.1. The highest BCUT2D eigenvalue weighted by Crippen LogP contribution is 2.14. The molecule has 1 aromatic rings. The fraction of sp³-hybridized carbons (Fsp3) is 0.538. The van der Waals surface area contributed by atoms with Gasteiger partial charge in [0, 0.05) is 24.0 Å². The number of nitrogens with two attached hydrogens (primary N) is 1. The van der Waals surface area contributed by atoms with Crippen molar-refractivity contribution in [2.24, 2.45) is 12.8 Å². The minimum atomic E-state index is -0.411. The van der Waals surface area contributed by atoms with Gasteiger partial charge in [0.25, 0.3) is 0 Å². The first-order valence-corrected chi connectivity index (χ1v) is 6.03. The normalized spacial score (nSPS) is 10.9. The Labute approximate surface area is 108 Å². The number of carbonyl (C=O) groups excluding carboxylic acids is 2. The Hall–Kier alpha value is -1.62. The molecule has 18 heavy (non-hydrogen) atoms. The molecule has 0 fully saturated rings. The zero-order valence-electron chi connectivity index (χ0n) is 11.5. The minimum absolute atomic E-state index is 0.0271. The van der Waals surface area contributed by atoms with Crippen molar-refractivity contribution in [1.82, 2.24) is 9.47 Å². The van der Waals surface area contributed by atoms with E-state index < -0.39 is 5.91 Å². The molecule has 0 unspecified atom stereocenters. The zero-order valence-corrected chi connectivity index (χ0v) is 11.5. The summed E-state index contributed by atoms with van der Waals surface area (Å²) in [6.45, 7) is 6.76. The van der Waals surface area contributed by atoms with Crippen molar-refractivity contribution in [3.63, 3.8) is 0 Å². The van der Waals surface area contributed by atoms with Crippen molar-refractivity contribution in [3.8, 4) is 0 Å². The molecule has 100 valence electrons. The number of aromatic nitrogens is 1. The number of likely N-dealkylation sites (N-methyl/N-ethyl adjacent to an activating group) is 1. The van der Waals surface area contributed by atoms with Gasteiger partial charge < -0.3 is 10.3 Å². The first kappa shape index (κ1) is 14.4. The number of Topliss-reactive ketones (excluding diaryl/α,β-unsaturated/α-hetero) is 1. The van der Waals surface area contributed by atoms with E-state index in [1.807, 2.05) is 38.5 Å². The summed E-state index contributed by atoms with van der Waals surface area (Å²) >= 11 is 0. The van der Waals surface area contributed by atoms with Crippen LogP contribution in [0.4, 0.5) is 0 Å². The molecule has 1 heterocycles. The molecule has 1 aromatic heterocycles. The highest BCUT2D eigenvalue weighted by atomic mass is 16.1. The van der Waals surface area contributed by atoms with Gasteiger partial charge in [-0.15, -0.1) is 0 Å². The van der Waals surface area contributed by atoms with Crippen LogP contribution in [0.3, 0.4) is 0 Å². The number of ketones is 1. The Kier molecular flexibility index (Phi) is 4.67. The maximum Gasteiger partial charge on any atom is 0.231 e. The first-order chi connectivity index (χ1) is 8.36. The average Bonchev–Trinajstić information content (AvgIpc) is 2.55. The van der Waals surface area contributed by atoms with Gasteiger partial charge in [0.15, 0.2) is 5.78 Å². The van der Waals surface area contributed by atoms with Crippen molar-refractivity contribution in [1.29, 1.82) is 0 Å². The minimum Gasteiger partial charge on any atom is -0.369 e. The molecule has 0 radical (unpaired) electrons. The molecule has 1 amide bonds. The Morgan fingerprint density at radius 3 is 2.33 bits per heavy atom. The van der Waals surface area contributed by atoms with Crippen LogP contribution in [0, 0.1) is 13.8 Å². The molecule has 0 saturated heterocycles. The van der Waals surface area contributed by atoms with E-state index in [1.54, 1.807) is 4.90 Å². The summed E-state index contributed by atoms with van der Waals surface area (Å²) < 4.78 is 1.98. The molecule has 0 bridgehead atoms. The van der Waals surface area contributed by atoms with Crippen LogP contribution < -0.4 is 5.73 Å². The number of primary amides is 1. The molecule has 0 aromatic carbocycles. The van der Waals surface area contributed by atoms with E-state index in [9.17, 15) is 9.59 Å². The van der Waals surface area contributed by atoms with Crippen molar-refractivity contribution in [2.45, 2.75) is 20.8 Å². The highest BCUT2D eigenvalue weighted by molar-refractivity contribution is 5.99. The summed E-state index contributed by atoms with van der Waals surface area (Å²) in [5.41, 5.74) is 7.87. The SMILES string of the molecule is CCN(CC(N)=O)CC(=O)c1cc(C)n(C)c1C. The Bertz CT molecular complexity index is 463. The van der Waals surface area contributed by atoms with Gasteiger partial charge >= 0.3 is 0 Å². The lowest BCUT2D eigenvalue weighted by Crippen LogP contribution is -2.37. The van der Waals surface area contributed by atoms with Crippen LogP contribution in [0.25, 0.3) is 0 Å². The Balaban J connectivity index is 2.81. The van der Waals surface area contributed by atoms with E-state index >= 15 is 0 Å². The fourth-order valence-electron chi connectivity index (χ4n) is 1.93. The van der Waals surface area contributed by atoms with Gasteiger partial charge in [-0.1, -0.05) is 6.92 Å². The topological polar surface area (TPSA) is 68.3 Å². The van der Waals surface area contributed by atoms with Crippen molar-refractivity contribution < 1.29 is 9.59 Å².